The average Bonchev–Trinajstić information content (AvgIpc) is 3.45. The molecule has 0 bridgehead atoms. The molecular weight excluding hydrogens is 404 g/mol. The topological polar surface area (TPSA) is 77.7 Å². The van der Waals surface area contributed by atoms with Gasteiger partial charge in [0, 0.05) is 60.5 Å². The summed E-state index contributed by atoms with van der Waals surface area (Å²) in [5.74, 6) is 0.685. The number of para-hydroxylation sites is 1. The van der Waals surface area contributed by atoms with Gasteiger partial charge in [-0.3, -0.25) is 4.79 Å². The zero-order valence-electron chi connectivity index (χ0n) is 18.1. The molecule has 5 rings (SSSR count). The fourth-order valence-corrected chi connectivity index (χ4v) is 4.52. The summed E-state index contributed by atoms with van der Waals surface area (Å²) in [7, 11) is 1.58. The van der Waals surface area contributed by atoms with Gasteiger partial charge in [-0.1, -0.05) is 24.3 Å². The lowest BCUT2D eigenvalue weighted by Crippen LogP contribution is -2.37. The SMILES string of the molecule is COc1cc(NC(=O)N2CC=C(c3c[nH]c4ccccc34)CC2)ccc1N1CCCC1=O. The maximum absolute atomic E-state index is 12.8. The van der Waals surface area contributed by atoms with Crippen molar-refractivity contribution in [1.29, 1.82) is 0 Å². The number of aromatic amines is 1. The zero-order chi connectivity index (χ0) is 22.1. The van der Waals surface area contributed by atoms with E-state index in [1.165, 1.54) is 16.5 Å². The Morgan fingerprint density at radius 1 is 1.12 bits per heavy atom. The average molecular weight is 431 g/mol. The Bertz CT molecular complexity index is 1210. The van der Waals surface area contributed by atoms with Crippen LogP contribution in [0.2, 0.25) is 0 Å². The maximum Gasteiger partial charge on any atom is 0.322 e. The molecule has 0 atom stereocenters. The van der Waals surface area contributed by atoms with Crippen LogP contribution in [-0.4, -0.2) is 48.6 Å². The van der Waals surface area contributed by atoms with E-state index < -0.39 is 0 Å². The van der Waals surface area contributed by atoms with Crippen LogP contribution in [0, 0.1) is 0 Å². The standard InChI is InChI=1S/C25H26N4O3/c1-32-23-15-18(8-9-22(23)29-12-4-7-24(29)30)27-25(31)28-13-10-17(11-14-28)20-16-26-21-6-3-2-5-19(20)21/h2-3,5-6,8-10,15-16,26H,4,7,11-14H2,1H3,(H,27,31). The van der Waals surface area contributed by atoms with Gasteiger partial charge < -0.3 is 24.8 Å². The van der Waals surface area contributed by atoms with Crippen molar-refractivity contribution >= 4 is 39.8 Å². The normalized spacial score (nSPS) is 16.4. The lowest BCUT2D eigenvalue weighted by Gasteiger charge is -2.27. The van der Waals surface area contributed by atoms with Crippen molar-refractivity contribution in [2.75, 3.05) is 37.0 Å². The van der Waals surface area contributed by atoms with Crippen molar-refractivity contribution in [3.8, 4) is 5.75 Å². The van der Waals surface area contributed by atoms with Crippen molar-refractivity contribution in [1.82, 2.24) is 9.88 Å². The molecule has 1 saturated heterocycles. The number of urea groups is 1. The van der Waals surface area contributed by atoms with E-state index in [1.54, 1.807) is 23.0 Å². The molecular formula is C25H26N4O3. The molecule has 2 aromatic carbocycles. The summed E-state index contributed by atoms with van der Waals surface area (Å²) in [4.78, 5) is 31.8. The van der Waals surface area contributed by atoms with Crippen LogP contribution in [0.15, 0.2) is 54.7 Å². The number of carbonyl (C=O) groups is 2. The summed E-state index contributed by atoms with van der Waals surface area (Å²) in [6.45, 7) is 1.90. The summed E-state index contributed by atoms with van der Waals surface area (Å²) in [5.41, 5.74) is 4.98. The summed E-state index contributed by atoms with van der Waals surface area (Å²) >= 11 is 0. The molecule has 1 fully saturated rings. The first-order chi connectivity index (χ1) is 15.6. The summed E-state index contributed by atoms with van der Waals surface area (Å²) < 4.78 is 5.49. The minimum Gasteiger partial charge on any atom is -0.494 e. The molecule has 2 aliphatic heterocycles. The van der Waals surface area contributed by atoms with Gasteiger partial charge in [0.2, 0.25) is 5.91 Å². The molecule has 164 valence electrons. The first-order valence-corrected chi connectivity index (χ1v) is 10.9. The molecule has 0 unspecified atom stereocenters. The summed E-state index contributed by atoms with van der Waals surface area (Å²) in [6.07, 6.45) is 6.38. The Balaban J connectivity index is 1.27. The molecule has 7 heteroatoms. The van der Waals surface area contributed by atoms with Crippen molar-refractivity contribution in [3.05, 3.63) is 60.3 Å². The number of hydrogen-bond acceptors (Lipinski definition) is 3. The van der Waals surface area contributed by atoms with Crippen LogP contribution in [0.25, 0.3) is 16.5 Å². The number of nitrogens with zero attached hydrogens (tertiary/aromatic N) is 2. The van der Waals surface area contributed by atoms with E-state index in [1.807, 2.05) is 30.5 Å². The fourth-order valence-electron chi connectivity index (χ4n) is 4.52. The van der Waals surface area contributed by atoms with Crippen LogP contribution in [0.1, 0.15) is 24.8 Å². The lowest BCUT2D eigenvalue weighted by atomic mass is 9.99. The second kappa shape index (κ2) is 8.42. The summed E-state index contributed by atoms with van der Waals surface area (Å²) in [6, 6.07) is 13.5. The van der Waals surface area contributed by atoms with E-state index in [9.17, 15) is 9.59 Å². The number of methoxy groups -OCH3 is 1. The smallest absolute Gasteiger partial charge is 0.322 e. The number of ether oxygens (including phenoxy) is 1. The third kappa shape index (κ3) is 3.70. The number of rotatable bonds is 4. The summed E-state index contributed by atoms with van der Waals surface area (Å²) in [5, 5.41) is 4.17. The molecule has 0 spiro atoms. The second-order valence-electron chi connectivity index (χ2n) is 8.14. The number of amides is 3. The number of hydrogen-bond donors (Lipinski definition) is 2. The highest BCUT2D eigenvalue weighted by Crippen LogP contribution is 2.34. The number of nitrogens with one attached hydrogen (secondary N) is 2. The Morgan fingerprint density at radius 3 is 2.75 bits per heavy atom. The quantitative estimate of drug-likeness (QED) is 0.634. The minimum atomic E-state index is -0.147. The molecule has 3 heterocycles. The second-order valence-corrected chi connectivity index (χ2v) is 8.14. The molecule has 3 aromatic rings. The van der Waals surface area contributed by atoms with Crippen LogP contribution >= 0.6 is 0 Å². The Kier molecular flexibility index (Phi) is 5.31. The van der Waals surface area contributed by atoms with E-state index in [4.69, 9.17) is 4.74 Å². The predicted molar refractivity (Wildman–Crippen MR) is 126 cm³/mol. The number of carbonyl (C=O) groups excluding carboxylic acids is 2. The van der Waals surface area contributed by atoms with Gasteiger partial charge in [0.05, 0.1) is 12.8 Å². The maximum atomic E-state index is 12.8. The van der Waals surface area contributed by atoms with Gasteiger partial charge in [-0.05, 0) is 36.6 Å². The van der Waals surface area contributed by atoms with Gasteiger partial charge in [0.1, 0.15) is 5.75 Å². The molecule has 1 aromatic heterocycles. The molecule has 2 N–H and O–H groups in total. The van der Waals surface area contributed by atoms with Gasteiger partial charge in [0.25, 0.3) is 0 Å². The first kappa shape index (κ1) is 20.2. The van der Waals surface area contributed by atoms with Gasteiger partial charge >= 0.3 is 6.03 Å². The first-order valence-electron chi connectivity index (χ1n) is 10.9. The number of anilines is 2. The van der Waals surface area contributed by atoms with E-state index in [-0.39, 0.29) is 11.9 Å². The van der Waals surface area contributed by atoms with Gasteiger partial charge in [-0.2, -0.15) is 0 Å². The number of H-pyrrole nitrogens is 1. The third-order valence-corrected chi connectivity index (χ3v) is 6.23. The lowest BCUT2D eigenvalue weighted by molar-refractivity contribution is -0.117. The molecule has 3 amide bonds. The van der Waals surface area contributed by atoms with Crippen molar-refractivity contribution in [2.45, 2.75) is 19.3 Å². The predicted octanol–water partition coefficient (Wildman–Crippen LogP) is 4.62. The van der Waals surface area contributed by atoms with Crippen LogP contribution in [-0.2, 0) is 4.79 Å². The molecule has 7 nitrogen and oxygen atoms in total. The highest BCUT2D eigenvalue weighted by atomic mass is 16.5. The van der Waals surface area contributed by atoms with Crippen LogP contribution in [0.4, 0.5) is 16.2 Å². The largest absolute Gasteiger partial charge is 0.494 e. The Hall–Kier alpha value is -3.74. The van der Waals surface area contributed by atoms with Crippen LogP contribution in [0.5, 0.6) is 5.75 Å². The third-order valence-electron chi connectivity index (χ3n) is 6.23. The molecule has 0 aliphatic carbocycles. The molecule has 0 saturated carbocycles. The number of aromatic nitrogens is 1. The van der Waals surface area contributed by atoms with Gasteiger partial charge in [-0.25, -0.2) is 4.79 Å². The highest BCUT2D eigenvalue weighted by molar-refractivity contribution is 5.98. The number of fused-ring (bicyclic) bond motifs is 1. The number of benzene rings is 2. The fraction of sp³-hybridized carbons (Fsp3) is 0.280. The van der Waals surface area contributed by atoms with E-state index >= 15 is 0 Å². The molecule has 2 aliphatic rings. The van der Waals surface area contributed by atoms with E-state index in [0.29, 0.717) is 37.5 Å². The van der Waals surface area contributed by atoms with Crippen LogP contribution < -0.4 is 15.0 Å². The van der Waals surface area contributed by atoms with Crippen molar-refractivity contribution in [3.63, 3.8) is 0 Å². The van der Waals surface area contributed by atoms with Crippen molar-refractivity contribution < 1.29 is 14.3 Å². The van der Waals surface area contributed by atoms with Gasteiger partial charge in [0.15, 0.2) is 0 Å². The van der Waals surface area contributed by atoms with E-state index in [2.05, 4.69) is 28.5 Å². The van der Waals surface area contributed by atoms with Crippen molar-refractivity contribution in [2.24, 2.45) is 0 Å². The molecule has 0 radical (unpaired) electrons. The van der Waals surface area contributed by atoms with E-state index in [0.717, 1.165) is 24.0 Å². The Labute approximate surface area is 186 Å². The highest BCUT2D eigenvalue weighted by Gasteiger charge is 2.25. The molecule has 32 heavy (non-hydrogen) atoms. The monoisotopic (exact) mass is 430 g/mol. The minimum absolute atomic E-state index is 0.103. The van der Waals surface area contributed by atoms with Crippen LogP contribution in [0.3, 0.4) is 0 Å². The van der Waals surface area contributed by atoms with Gasteiger partial charge in [-0.15, -0.1) is 0 Å². The Morgan fingerprint density at radius 2 is 2.00 bits per heavy atom. The zero-order valence-corrected chi connectivity index (χ0v) is 18.1.